The molecule has 3 N–H and O–H groups in total. The second-order valence-electron chi connectivity index (χ2n) is 6.57. The first-order valence-corrected chi connectivity index (χ1v) is 7.02. The second-order valence-corrected chi connectivity index (χ2v) is 6.57. The fraction of sp³-hybridized carbons (Fsp3) is 0.857. The summed E-state index contributed by atoms with van der Waals surface area (Å²) in [6.45, 7) is 7.73. The van der Waals surface area contributed by atoms with Gasteiger partial charge in [-0.05, 0) is 52.4 Å². The van der Waals surface area contributed by atoms with Gasteiger partial charge in [0.05, 0.1) is 0 Å². The van der Waals surface area contributed by atoms with Crippen LogP contribution in [0.3, 0.4) is 0 Å². The van der Waals surface area contributed by atoms with Crippen molar-refractivity contribution in [1.82, 2.24) is 10.6 Å². The van der Waals surface area contributed by atoms with E-state index in [4.69, 9.17) is 0 Å². The van der Waals surface area contributed by atoms with Crippen LogP contribution in [0.2, 0.25) is 0 Å². The molecule has 5 heteroatoms. The maximum Gasteiger partial charge on any atom is 0.329 e. The summed E-state index contributed by atoms with van der Waals surface area (Å²) in [6.07, 6.45) is 3.82. The molecule has 0 aliphatic heterocycles. The SMILES string of the molecule is CCC1CCC(NC(=O)NC(C)(C)C)(C(=O)O)CC1. The lowest BCUT2D eigenvalue weighted by molar-refractivity contribution is -0.146. The Balaban J connectivity index is 2.69. The molecule has 0 unspecified atom stereocenters. The number of aliphatic carboxylic acids is 1. The Morgan fingerprint density at radius 2 is 1.79 bits per heavy atom. The van der Waals surface area contributed by atoms with Gasteiger partial charge in [0.25, 0.3) is 0 Å². The zero-order chi connectivity index (χ0) is 14.7. The summed E-state index contributed by atoms with van der Waals surface area (Å²) < 4.78 is 0. The predicted octanol–water partition coefficient (Wildman–Crippen LogP) is 2.51. The zero-order valence-electron chi connectivity index (χ0n) is 12.4. The van der Waals surface area contributed by atoms with Crippen LogP contribution in [0.4, 0.5) is 4.79 Å². The first-order valence-electron chi connectivity index (χ1n) is 7.02. The van der Waals surface area contributed by atoms with Crippen LogP contribution in [0.15, 0.2) is 0 Å². The summed E-state index contributed by atoms with van der Waals surface area (Å²) in [5, 5.41) is 14.9. The van der Waals surface area contributed by atoms with Gasteiger partial charge in [0, 0.05) is 5.54 Å². The lowest BCUT2D eigenvalue weighted by Gasteiger charge is -2.38. The number of amides is 2. The summed E-state index contributed by atoms with van der Waals surface area (Å²) in [5.74, 6) is -0.342. The first kappa shape index (κ1) is 15.8. The lowest BCUT2D eigenvalue weighted by atomic mass is 9.75. The molecule has 1 rings (SSSR count). The van der Waals surface area contributed by atoms with E-state index in [1.807, 2.05) is 20.8 Å². The molecular weight excluding hydrogens is 244 g/mol. The van der Waals surface area contributed by atoms with Gasteiger partial charge in [-0.25, -0.2) is 9.59 Å². The molecular formula is C14H26N2O3. The van der Waals surface area contributed by atoms with Crippen molar-refractivity contribution < 1.29 is 14.7 Å². The highest BCUT2D eigenvalue weighted by molar-refractivity contribution is 5.86. The van der Waals surface area contributed by atoms with E-state index in [0.29, 0.717) is 18.8 Å². The van der Waals surface area contributed by atoms with Gasteiger partial charge in [-0.2, -0.15) is 0 Å². The van der Waals surface area contributed by atoms with Crippen LogP contribution < -0.4 is 10.6 Å². The number of carbonyl (C=O) groups excluding carboxylic acids is 1. The minimum Gasteiger partial charge on any atom is -0.480 e. The van der Waals surface area contributed by atoms with E-state index in [-0.39, 0.29) is 5.54 Å². The Morgan fingerprint density at radius 3 is 2.16 bits per heavy atom. The number of hydrogen-bond acceptors (Lipinski definition) is 2. The maximum atomic E-state index is 11.9. The number of nitrogens with one attached hydrogen (secondary N) is 2. The minimum atomic E-state index is -1.10. The van der Waals surface area contributed by atoms with E-state index in [9.17, 15) is 14.7 Å². The molecule has 110 valence electrons. The van der Waals surface area contributed by atoms with Crippen molar-refractivity contribution in [2.24, 2.45) is 5.92 Å². The fourth-order valence-corrected chi connectivity index (χ4v) is 2.56. The van der Waals surface area contributed by atoms with Crippen molar-refractivity contribution in [2.75, 3.05) is 0 Å². The summed E-state index contributed by atoms with van der Waals surface area (Å²) in [7, 11) is 0. The molecule has 1 aliphatic rings. The van der Waals surface area contributed by atoms with Crippen LogP contribution in [-0.2, 0) is 4.79 Å². The van der Waals surface area contributed by atoms with Crippen molar-refractivity contribution in [3.05, 3.63) is 0 Å². The van der Waals surface area contributed by atoms with Crippen LogP contribution in [0.1, 0.15) is 59.8 Å². The number of hydrogen-bond donors (Lipinski definition) is 3. The zero-order valence-corrected chi connectivity index (χ0v) is 12.4. The standard InChI is InChI=1S/C14H26N2O3/c1-5-10-6-8-14(9-7-10,11(17)18)16-12(19)15-13(2,3)4/h10H,5-9H2,1-4H3,(H,17,18)(H2,15,16,19). The molecule has 19 heavy (non-hydrogen) atoms. The number of rotatable bonds is 3. The van der Waals surface area contributed by atoms with Crippen molar-refractivity contribution in [1.29, 1.82) is 0 Å². The van der Waals surface area contributed by atoms with Crippen LogP contribution in [0.5, 0.6) is 0 Å². The monoisotopic (exact) mass is 270 g/mol. The molecule has 0 radical (unpaired) electrons. The number of carbonyl (C=O) groups is 2. The van der Waals surface area contributed by atoms with Crippen molar-refractivity contribution in [2.45, 2.75) is 70.9 Å². The molecule has 0 saturated heterocycles. The highest BCUT2D eigenvalue weighted by Crippen LogP contribution is 2.34. The highest BCUT2D eigenvalue weighted by Gasteiger charge is 2.43. The Bertz CT molecular complexity index is 339. The van der Waals surface area contributed by atoms with E-state index in [0.717, 1.165) is 19.3 Å². The van der Waals surface area contributed by atoms with Gasteiger partial charge < -0.3 is 15.7 Å². The van der Waals surface area contributed by atoms with E-state index in [1.54, 1.807) is 0 Å². The molecule has 0 aromatic rings. The van der Waals surface area contributed by atoms with E-state index in [1.165, 1.54) is 0 Å². The van der Waals surface area contributed by atoms with Crippen molar-refractivity contribution in [3.63, 3.8) is 0 Å². The number of carboxylic acid groups (broad SMARTS) is 1. The predicted molar refractivity (Wildman–Crippen MR) is 74.0 cm³/mol. The molecule has 1 aliphatic carbocycles. The molecule has 0 heterocycles. The van der Waals surface area contributed by atoms with E-state index < -0.39 is 17.5 Å². The summed E-state index contributed by atoms with van der Waals surface area (Å²) >= 11 is 0. The van der Waals surface area contributed by atoms with Crippen LogP contribution >= 0.6 is 0 Å². The van der Waals surface area contributed by atoms with Crippen LogP contribution in [0, 0.1) is 5.92 Å². The first-order chi connectivity index (χ1) is 8.68. The molecule has 5 nitrogen and oxygen atoms in total. The van der Waals surface area contributed by atoms with E-state index >= 15 is 0 Å². The smallest absolute Gasteiger partial charge is 0.329 e. The summed E-state index contributed by atoms with van der Waals surface area (Å²) in [5.41, 5.74) is -1.47. The summed E-state index contributed by atoms with van der Waals surface area (Å²) in [4.78, 5) is 23.4. The van der Waals surface area contributed by atoms with Gasteiger partial charge in [0.15, 0.2) is 0 Å². The van der Waals surface area contributed by atoms with Gasteiger partial charge in [-0.15, -0.1) is 0 Å². The quantitative estimate of drug-likeness (QED) is 0.737. The Kier molecular flexibility index (Phi) is 4.82. The Morgan fingerprint density at radius 1 is 1.26 bits per heavy atom. The van der Waals surface area contributed by atoms with Gasteiger partial charge >= 0.3 is 12.0 Å². The van der Waals surface area contributed by atoms with Gasteiger partial charge in [0.2, 0.25) is 0 Å². The molecule has 0 bridgehead atoms. The molecule has 1 saturated carbocycles. The number of urea groups is 1. The topological polar surface area (TPSA) is 78.4 Å². The second kappa shape index (κ2) is 5.80. The van der Waals surface area contributed by atoms with Crippen molar-refractivity contribution in [3.8, 4) is 0 Å². The van der Waals surface area contributed by atoms with E-state index in [2.05, 4.69) is 17.6 Å². The number of carboxylic acids is 1. The lowest BCUT2D eigenvalue weighted by Crippen LogP contribution is -2.60. The van der Waals surface area contributed by atoms with Gasteiger partial charge in [0.1, 0.15) is 5.54 Å². The fourth-order valence-electron chi connectivity index (χ4n) is 2.56. The molecule has 2 amide bonds. The third-order valence-corrected chi connectivity index (χ3v) is 3.79. The molecule has 0 aromatic heterocycles. The largest absolute Gasteiger partial charge is 0.480 e. The third-order valence-electron chi connectivity index (χ3n) is 3.79. The average Bonchev–Trinajstić information content (AvgIpc) is 2.27. The Hall–Kier alpha value is -1.26. The van der Waals surface area contributed by atoms with Gasteiger partial charge in [-0.3, -0.25) is 0 Å². The summed E-state index contributed by atoms with van der Waals surface area (Å²) in [6, 6.07) is -0.398. The average molecular weight is 270 g/mol. The van der Waals surface area contributed by atoms with Crippen LogP contribution in [-0.4, -0.2) is 28.2 Å². The van der Waals surface area contributed by atoms with Gasteiger partial charge in [-0.1, -0.05) is 13.3 Å². The molecule has 0 spiro atoms. The highest BCUT2D eigenvalue weighted by atomic mass is 16.4. The molecule has 0 aromatic carbocycles. The normalized spacial score (nSPS) is 27.7. The van der Waals surface area contributed by atoms with Crippen molar-refractivity contribution >= 4 is 12.0 Å². The molecule has 0 atom stereocenters. The minimum absolute atomic E-state index is 0.371. The third kappa shape index (κ3) is 4.40. The Labute approximate surface area is 115 Å². The van der Waals surface area contributed by atoms with Crippen LogP contribution in [0.25, 0.3) is 0 Å². The molecule has 1 fully saturated rings. The maximum absolute atomic E-state index is 11.9.